The molecule has 0 radical (unpaired) electrons. The summed E-state index contributed by atoms with van der Waals surface area (Å²) in [4.78, 5) is 0. The Balaban J connectivity index is 3.49. The first-order chi connectivity index (χ1) is 10.3. The van der Waals surface area contributed by atoms with Crippen LogP contribution in [0.25, 0.3) is 0 Å². The third-order valence-electron chi connectivity index (χ3n) is 3.98. The first-order valence-electron chi connectivity index (χ1n) is 7.71. The monoisotopic (exact) mass is 292 g/mol. The molecule has 0 aliphatic heterocycles. The zero-order chi connectivity index (χ0) is 16.9. The molecule has 1 aliphatic carbocycles. The maximum atomic E-state index is 4.17. The predicted octanol–water partition coefficient (Wildman–Crippen LogP) is 6.79. The van der Waals surface area contributed by atoms with Crippen LogP contribution in [0.3, 0.4) is 0 Å². The van der Waals surface area contributed by atoms with Crippen molar-refractivity contribution in [3.63, 3.8) is 0 Å². The van der Waals surface area contributed by atoms with Gasteiger partial charge in [-0.15, -0.1) is 0 Å². The Bertz CT molecular complexity index is 618. The molecule has 1 saturated carbocycles. The second kappa shape index (κ2) is 7.79. The minimum absolute atomic E-state index is 1.01. The van der Waals surface area contributed by atoms with Crippen LogP contribution in [0.15, 0.2) is 95.2 Å². The molecule has 0 N–H and O–H groups in total. The molecule has 0 nitrogen and oxygen atoms in total. The molecule has 1 fully saturated rings. The SMILES string of the molecule is C=C/C=C\C(=C(C)C)/C(C)=C(/C=C1C(=C)CCC1=C)C(=C)C. The molecule has 0 aromatic carbocycles. The van der Waals surface area contributed by atoms with Crippen LogP contribution in [0, 0.1) is 0 Å². The molecule has 0 saturated heterocycles. The predicted molar refractivity (Wildman–Crippen MR) is 101 cm³/mol. The van der Waals surface area contributed by atoms with Crippen molar-refractivity contribution in [3.05, 3.63) is 95.2 Å². The van der Waals surface area contributed by atoms with Crippen LogP contribution in [0.2, 0.25) is 0 Å². The lowest BCUT2D eigenvalue weighted by Crippen LogP contribution is -1.94. The van der Waals surface area contributed by atoms with Crippen molar-refractivity contribution < 1.29 is 0 Å². The quantitative estimate of drug-likeness (QED) is 0.489. The lowest BCUT2D eigenvalue weighted by atomic mass is 9.91. The molecule has 22 heavy (non-hydrogen) atoms. The fourth-order valence-corrected chi connectivity index (χ4v) is 2.70. The molecule has 116 valence electrons. The van der Waals surface area contributed by atoms with Crippen LogP contribution >= 0.6 is 0 Å². The summed E-state index contributed by atoms with van der Waals surface area (Å²) in [5.41, 5.74) is 9.51. The lowest BCUT2D eigenvalue weighted by Gasteiger charge is -2.14. The molecule has 0 atom stereocenters. The van der Waals surface area contributed by atoms with Gasteiger partial charge in [0.1, 0.15) is 0 Å². The largest absolute Gasteiger partial charge is 0.0991 e. The van der Waals surface area contributed by atoms with E-state index in [4.69, 9.17) is 0 Å². The molecule has 0 spiro atoms. The zero-order valence-corrected chi connectivity index (χ0v) is 14.6. The summed E-state index contributed by atoms with van der Waals surface area (Å²) < 4.78 is 0. The third kappa shape index (κ3) is 4.21. The lowest BCUT2D eigenvalue weighted by molar-refractivity contribution is 1.06. The minimum atomic E-state index is 1.01. The van der Waals surface area contributed by atoms with Gasteiger partial charge in [-0.2, -0.15) is 0 Å². The van der Waals surface area contributed by atoms with Crippen LogP contribution in [0.5, 0.6) is 0 Å². The molecule has 1 aliphatic rings. The van der Waals surface area contributed by atoms with Crippen LogP contribution in [0.1, 0.15) is 40.5 Å². The first-order valence-corrected chi connectivity index (χ1v) is 7.71. The van der Waals surface area contributed by atoms with Gasteiger partial charge in [-0.25, -0.2) is 0 Å². The number of allylic oxidation sites excluding steroid dienone is 12. The smallest absolute Gasteiger partial charge is 0.0192 e. The van der Waals surface area contributed by atoms with E-state index < -0.39 is 0 Å². The van der Waals surface area contributed by atoms with Gasteiger partial charge in [-0.1, -0.05) is 55.7 Å². The van der Waals surface area contributed by atoms with Crippen molar-refractivity contribution in [3.8, 4) is 0 Å². The van der Waals surface area contributed by atoms with Gasteiger partial charge in [0.2, 0.25) is 0 Å². The first kappa shape index (κ1) is 18.0. The van der Waals surface area contributed by atoms with E-state index in [1.807, 2.05) is 6.08 Å². The van der Waals surface area contributed by atoms with E-state index >= 15 is 0 Å². The van der Waals surface area contributed by atoms with Gasteiger partial charge < -0.3 is 0 Å². The van der Waals surface area contributed by atoms with E-state index in [1.54, 1.807) is 6.08 Å². The average Bonchev–Trinajstić information content (AvgIpc) is 2.75. The highest BCUT2D eigenvalue weighted by atomic mass is 14.2. The summed E-state index contributed by atoms with van der Waals surface area (Å²) in [7, 11) is 0. The molecule has 0 heteroatoms. The highest BCUT2D eigenvalue weighted by Crippen LogP contribution is 2.36. The van der Waals surface area contributed by atoms with Crippen molar-refractivity contribution in [1.29, 1.82) is 0 Å². The Morgan fingerprint density at radius 2 is 1.50 bits per heavy atom. The summed E-state index contributed by atoms with van der Waals surface area (Å²) in [5.74, 6) is 0. The van der Waals surface area contributed by atoms with Crippen molar-refractivity contribution in [2.75, 3.05) is 0 Å². The Morgan fingerprint density at radius 3 is 1.91 bits per heavy atom. The maximum Gasteiger partial charge on any atom is -0.0192 e. The summed E-state index contributed by atoms with van der Waals surface area (Å²) in [6, 6.07) is 0. The van der Waals surface area contributed by atoms with Crippen LogP contribution < -0.4 is 0 Å². The zero-order valence-electron chi connectivity index (χ0n) is 14.6. The molecular formula is C22H28. The minimum Gasteiger partial charge on any atom is -0.0991 e. The van der Waals surface area contributed by atoms with Gasteiger partial charge >= 0.3 is 0 Å². The van der Waals surface area contributed by atoms with Crippen molar-refractivity contribution in [2.45, 2.75) is 40.5 Å². The number of rotatable bonds is 5. The van der Waals surface area contributed by atoms with Crippen LogP contribution in [-0.2, 0) is 0 Å². The second-order valence-corrected chi connectivity index (χ2v) is 6.09. The number of hydrogen-bond donors (Lipinski definition) is 0. The molecular weight excluding hydrogens is 264 g/mol. The standard InChI is InChI=1S/C22H28/c1-9-10-11-20(15(2)3)19(8)21(16(4)5)14-22-17(6)12-13-18(22)7/h9-11,14H,1,4,6-7,12-13H2,2-3,5,8H3/b11-10-,21-19-. The molecule has 0 heterocycles. The second-order valence-electron chi connectivity index (χ2n) is 6.09. The highest BCUT2D eigenvalue weighted by Gasteiger charge is 2.17. The third-order valence-corrected chi connectivity index (χ3v) is 3.98. The van der Waals surface area contributed by atoms with E-state index in [2.05, 4.69) is 66.2 Å². The van der Waals surface area contributed by atoms with Gasteiger partial charge in [0.15, 0.2) is 0 Å². The van der Waals surface area contributed by atoms with E-state index in [1.165, 1.54) is 39.0 Å². The van der Waals surface area contributed by atoms with Crippen LogP contribution in [-0.4, -0.2) is 0 Å². The topological polar surface area (TPSA) is 0 Å². The van der Waals surface area contributed by atoms with Gasteiger partial charge in [0, 0.05) is 0 Å². The van der Waals surface area contributed by atoms with Crippen molar-refractivity contribution in [1.82, 2.24) is 0 Å². The molecule has 0 bridgehead atoms. The maximum absolute atomic E-state index is 4.17. The fourth-order valence-electron chi connectivity index (χ4n) is 2.70. The average molecular weight is 292 g/mol. The Labute approximate surface area is 136 Å². The van der Waals surface area contributed by atoms with E-state index in [9.17, 15) is 0 Å². The molecule has 0 aromatic heterocycles. The molecule has 1 rings (SSSR count). The fraction of sp³-hybridized carbons (Fsp3) is 0.273. The van der Waals surface area contributed by atoms with Crippen molar-refractivity contribution >= 4 is 0 Å². The summed E-state index contributed by atoms with van der Waals surface area (Å²) in [6.45, 7) is 24.7. The van der Waals surface area contributed by atoms with Gasteiger partial charge in [0.05, 0.1) is 0 Å². The van der Waals surface area contributed by atoms with Crippen molar-refractivity contribution in [2.24, 2.45) is 0 Å². The molecule has 0 aromatic rings. The van der Waals surface area contributed by atoms with E-state index in [0.29, 0.717) is 0 Å². The van der Waals surface area contributed by atoms with E-state index in [-0.39, 0.29) is 0 Å². The summed E-state index contributed by atoms with van der Waals surface area (Å²) >= 11 is 0. The highest BCUT2D eigenvalue weighted by molar-refractivity contribution is 5.59. The van der Waals surface area contributed by atoms with E-state index in [0.717, 1.165) is 18.4 Å². The normalized spacial score (nSPS) is 15.9. The Morgan fingerprint density at radius 1 is 0.955 bits per heavy atom. The Hall–Kier alpha value is -2.08. The molecule has 0 amide bonds. The van der Waals surface area contributed by atoms with Crippen LogP contribution in [0.4, 0.5) is 0 Å². The summed E-state index contributed by atoms with van der Waals surface area (Å²) in [5, 5.41) is 0. The Kier molecular flexibility index (Phi) is 6.37. The number of hydrogen-bond acceptors (Lipinski definition) is 0. The van der Waals surface area contributed by atoms with Gasteiger partial charge in [-0.05, 0) is 80.1 Å². The molecule has 0 unspecified atom stereocenters. The van der Waals surface area contributed by atoms with Gasteiger partial charge in [0.25, 0.3) is 0 Å². The van der Waals surface area contributed by atoms with Gasteiger partial charge in [-0.3, -0.25) is 0 Å². The summed E-state index contributed by atoms with van der Waals surface area (Å²) in [6.07, 6.45) is 10.1.